The third-order valence-electron chi connectivity index (χ3n) is 7.38. The minimum absolute atomic E-state index is 0.259. The predicted molar refractivity (Wildman–Crippen MR) is 119 cm³/mol. The van der Waals surface area contributed by atoms with Crippen molar-refractivity contribution < 1.29 is 9.90 Å². The number of carboxylic acid groups (broad SMARTS) is 1. The standard InChI is InChI=1S/C26H44O2/c1-3-5-7-8-10-11-21-13-15-22(16-14-21)23-17-19-24(20-18-23)25(26(27)28)12-9-6-4-2/h6,9,12,21-24H,3-5,7-8,10-11,13-20H2,1-2H3,(H,27,28). The minimum Gasteiger partial charge on any atom is -0.478 e. The Hall–Kier alpha value is -1.05. The van der Waals surface area contributed by atoms with Gasteiger partial charge in [-0.05, 0) is 68.6 Å². The van der Waals surface area contributed by atoms with Crippen molar-refractivity contribution in [3.05, 3.63) is 23.8 Å². The minimum atomic E-state index is -0.719. The van der Waals surface area contributed by atoms with Gasteiger partial charge in [0.2, 0.25) is 0 Å². The number of rotatable bonds is 11. The first-order valence-electron chi connectivity index (χ1n) is 12.3. The van der Waals surface area contributed by atoms with Crippen LogP contribution in [0.5, 0.6) is 0 Å². The monoisotopic (exact) mass is 388 g/mol. The molecule has 160 valence electrons. The van der Waals surface area contributed by atoms with Crippen LogP contribution >= 0.6 is 0 Å². The van der Waals surface area contributed by atoms with Crippen LogP contribution in [0.2, 0.25) is 0 Å². The molecule has 0 unspecified atom stereocenters. The zero-order chi connectivity index (χ0) is 20.2. The Bertz CT molecular complexity index is 489. The van der Waals surface area contributed by atoms with Crippen LogP contribution < -0.4 is 0 Å². The molecule has 0 saturated heterocycles. The molecule has 0 heterocycles. The molecule has 2 fully saturated rings. The molecule has 0 aromatic carbocycles. The molecule has 2 aliphatic carbocycles. The number of unbranched alkanes of at least 4 members (excludes halogenated alkanes) is 4. The predicted octanol–water partition coefficient (Wildman–Crippen LogP) is 7.94. The summed E-state index contributed by atoms with van der Waals surface area (Å²) in [5.41, 5.74) is 0.634. The van der Waals surface area contributed by atoms with E-state index in [1.54, 1.807) is 0 Å². The van der Waals surface area contributed by atoms with Crippen LogP contribution in [0.3, 0.4) is 0 Å². The zero-order valence-corrected chi connectivity index (χ0v) is 18.5. The van der Waals surface area contributed by atoms with Crippen LogP contribution in [0, 0.1) is 23.7 Å². The van der Waals surface area contributed by atoms with E-state index in [9.17, 15) is 9.90 Å². The van der Waals surface area contributed by atoms with Gasteiger partial charge in [0.05, 0.1) is 0 Å². The van der Waals surface area contributed by atoms with Crippen molar-refractivity contribution in [3.8, 4) is 0 Å². The lowest BCUT2D eigenvalue weighted by molar-refractivity contribution is -0.133. The number of carboxylic acids is 1. The van der Waals surface area contributed by atoms with E-state index in [0.717, 1.165) is 37.0 Å². The van der Waals surface area contributed by atoms with Gasteiger partial charge in [-0.25, -0.2) is 4.79 Å². The van der Waals surface area contributed by atoms with E-state index in [1.165, 1.54) is 77.0 Å². The van der Waals surface area contributed by atoms with E-state index < -0.39 is 5.97 Å². The second kappa shape index (κ2) is 13.2. The molecular weight excluding hydrogens is 344 g/mol. The van der Waals surface area contributed by atoms with Crippen molar-refractivity contribution in [1.29, 1.82) is 0 Å². The van der Waals surface area contributed by atoms with Gasteiger partial charge in [-0.1, -0.05) is 83.4 Å². The van der Waals surface area contributed by atoms with Crippen molar-refractivity contribution in [2.45, 2.75) is 110 Å². The molecule has 2 heteroatoms. The Morgan fingerprint density at radius 3 is 2.04 bits per heavy atom. The third kappa shape index (κ3) is 7.76. The Labute approximate surface area is 173 Å². The molecule has 2 nitrogen and oxygen atoms in total. The number of hydrogen-bond donors (Lipinski definition) is 1. The van der Waals surface area contributed by atoms with Crippen LogP contribution in [0.4, 0.5) is 0 Å². The van der Waals surface area contributed by atoms with Gasteiger partial charge in [-0.15, -0.1) is 0 Å². The van der Waals surface area contributed by atoms with Gasteiger partial charge in [0.15, 0.2) is 0 Å². The fraction of sp³-hybridized carbons (Fsp3) is 0.808. The van der Waals surface area contributed by atoms with Crippen LogP contribution in [0.1, 0.15) is 110 Å². The lowest BCUT2D eigenvalue weighted by Crippen LogP contribution is -2.27. The molecule has 0 aromatic heterocycles. The molecule has 0 spiro atoms. The molecule has 0 atom stereocenters. The van der Waals surface area contributed by atoms with E-state index >= 15 is 0 Å². The van der Waals surface area contributed by atoms with Crippen LogP contribution in [0.25, 0.3) is 0 Å². The summed E-state index contributed by atoms with van der Waals surface area (Å²) in [6.07, 6.45) is 25.6. The van der Waals surface area contributed by atoms with Gasteiger partial charge in [0, 0.05) is 5.57 Å². The van der Waals surface area contributed by atoms with Crippen molar-refractivity contribution in [2.24, 2.45) is 23.7 Å². The van der Waals surface area contributed by atoms with Crippen molar-refractivity contribution in [3.63, 3.8) is 0 Å². The molecule has 0 aromatic rings. The first kappa shape index (κ1) is 23.2. The summed E-state index contributed by atoms with van der Waals surface area (Å²) in [5.74, 6) is 2.29. The highest BCUT2D eigenvalue weighted by Crippen LogP contribution is 2.43. The Balaban J connectivity index is 1.70. The fourth-order valence-electron chi connectivity index (χ4n) is 5.58. The van der Waals surface area contributed by atoms with E-state index in [1.807, 2.05) is 18.2 Å². The average Bonchev–Trinajstić information content (AvgIpc) is 2.72. The summed E-state index contributed by atoms with van der Waals surface area (Å²) >= 11 is 0. The van der Waals surface area contributed by atoms with Gasteiger partial charge < -0.3 is 5.11 Å². The van der Waals surface area contributed by atoms with Gasteiger partial charge in [0.1, 0.15) is 0 Å². The van der Waals surface area contributed by atoms with E-state index in [4.69, 9.17) is 0 Å². The van der Waals surface area contributed by atoms with Crippen LogP contribution in [0.15, 0.2) is 23.8 Å². The second-order valence-electron chi connectivity index (χ2n) is 9.36. The highest BCUT2D eigenvalue weighted by molar-refractivity contribution is 5.87. The lowest BCUT2D eigenvalue weighted by atomic mass is 9.67. The molecule has 0 radical (unpaired) electrons. The highest BCUT2D eigenvalue weighted by Gasteiger charge is 2.32. The molecule has 2 saturated carbocycles. The Morgan fingerprint density at radius 2 is 1.46 bits per heavy atom. The molecule has 1 N–H and O–H groups in total. The fourth-order valence-corrected chi connectivity index (χ4v) is 5.58. The molecule has 0 amide bonds. The number of carbonyl (C=O) groups is 1. The van der Waals surface area contributed by atoms with Gasteiger partial charge in [0.25, 0.3) is 0 Å². The Kier molecular flexibility index (Phi) is 11.0. The topological polar surface area (TPSA) is 37.3 Å². The summed E-state index contributed by atoms with van der Waals surface area (Å²) in [5, 5.41) is 9.58. The largest absolute Gasteiger partial charge is 0.478 e. The van der Waals surface area contributed by atoms with Crippen LogP contribution in [-0.2, 0) is 4.79 Å². The number of aliphatic carboxylic acids is 1. The van der Waals surface area contributed by atoms with Crippen molar-refractivity contribution >= 4 is 5.97 Å². The summed E-state index contributed by atoms with van der Waals surface area (Å²) in [7, 11) is 0. The van der Waals surface area contributed by atoms with E-state index in [0.29, 0.717) is 5.57 Å². The summed E-state index contributed by atoms with van der Waals surface area (Å²) < 4.78 is 0. The lowest BCUT2D eigenvalue weighted by Gasteiger charge is -2.38. The average molecular weight is 389 g/mol. The third-order valence-corrected chi connectivity index (χ3v) is 7.38. The summed E-state index contributed by atoms with van der Waals surface area (Å²) in [4.78, 5) is 11.7. The molecule has 0 bridgehead atoms. The first-order valence-corrected chi connectivity index (χ1v) is 12.3. The van der Waals surface area contributed by atoms with Crippen molar-refractivity contribution in [2.75, 3.05) is 0 Å². The molecular formula is C26H44O2. The van der Waals surface area contributed by atoms with Crippen molar-refractivity contribution in [1.82, 2.24) is 0 Å². The summed E-state index contributed by atoms with van der Waals surface area (Å²) in [6, 6.07) is 0. The van der Waals surface area contributed by atoms with E-state index in [-0.39, 0.29) is 5.92 Å². The molecule has 2 aliphatic rings. The highest BCUT2D eigenvalue weighted by atomic mass is 16.4. The SMILES string of the molecule is CCC=CC=C(C(=O)O)C1CCC(C2CCC(CCCCCCC)CC2)CC1. The van der Waals surface area contributed by atoms with Gasteiger partial charge >= 0.3 is 5.97 Å². The number of allylic oxidation sites excluding steroid dienone is 3. The molecule has 28 heavy (non-hydrogen) atoms. The molecule has 0 aliphatic heterocycles. The smallest absolute Gasteiger partial charge is 0.331 e. The summed E-state index contributed by atoms with van der Waals surface area (Å²) in [6.45, 7) is 4.37. The first-order chi connectivity index (χ1) is 13.7. The maximum Gasteiger partial charge on any atom is 0.331 e. The Morgan fingerprint density at radius 1 is 0.857 bits per heavy atom. The van der Waals surface area contributed by atoms with Crippen LogP contribution in [-0.4, -0.2) is 11.1 Å². The maximum absolute atomic E-state index is 11.7. The zero-order valence-electron chi connectivity index (χ0n) is 18.5. The van der Waals surface area contributed by atoms with Gasteiger partial charge in [-0.3, -0.25) is 0 Å². The quantitative estimate of drug-likeness (QED) is 0.221. The normalized spacial score (nSPS) is 29.3. The second-order valence-corrected chi connectivity index (χ2v) is 9.36. The maximum atomic E-state index is 11.7. The number of hydrogen-bond acceptors (Lipinski definition) is 1. The van der Waals surface area contributed by atoms with E-state index in [2.05, 4.69) is 13.8 Å². The molecule has 2 rings (SSSR count). The van der Waals surface area contributed by atoms with Gasteiger partial charge in [-0.2, -0.15) is 0 Å².